The zero-order valence-electron chi connectivity index (χ0n) is 11.7. The summed E-state index contributed by atoms with van der Waals surface area (Å²) in [5, 5.41) is 15.7. The molecule has 7 heteroatoms. The highest BCUT2D eigenvalue weighted by Gasteiger charge is 2.42. The molecule has 1 heterocycles. The van der Waals surface area contributed by atoms with Crippen molar-refractivity contribution >= 4 is 11.9 Å². The normalized spacial score (nSPS) is 14.2. The molecule has 0 spiro atoms. The summed E-state index contributed by atoms with van der Waals surface area (Å²) in [6.07, 6.45) is 1.39. The number of nitrogens with zero attached hydrogens (tertiary/aromatic N) is 3. The largest absolute Gasteiger partial charge is 0.480 e. The van der Waals surface area contributed by atoms with Crippen LogP contribution in [0.2, 0.25) is 0 Å². The molecule has 0 saturated heterocycles. The third kappa shape index (κ3) is 3.30. The van der Waals surface area contributed by atoms with Gasteiger partial charge < -0.3 is 10.4 Å². The van der Waals surface area contributed by atoms with E-state index in [-0.39, 0.29) is 6.42 Å². The molecule has 1 unspecified atom stereocenters. The van der Waals surface area contributed by atoms with E-state index in [1.54, 1.807) is 4.68 Å². The van der Waals surface area contributed by atoms with Crippen LogP contribution in [0.4, 0.5) is 0 Å². The Balaban J connectivity index is 3.01. The van der Waals surface area contributed by atoms with Crippen LogP contribution in [0.1, 0.15) is 26.6 Å². The average Bonchev–Trinajstić information content (AvgIpc) is 2.74. The summed E-state index contributed by atoms with van der Waals surface area (Å²) in [5.74, 6) is -0.858. The van der Waals surface area contributed by atoms with Gasteiger partial charge in [0.1, 0.15) is 12.2 Å². The Labute approximate surface area is 112 Å². The molecule has 0 aliphatic rings. The van der Waals surface area contributed by atoms with Crippen LogP contribution in [0.3, 0.4) is 0 Å². The molecule has 19 heavy (non-hydrogen) atoms. The number of aliphatic carboxylic acids is 1. The predicted molar refractivity (Wildman–Crippen MR) is 68.4 cm³/mol. The van der Waals surface area contributed by atoms with E-state index in [4.69, 9.17) is 0 Å². The maximum absolute atomic E-state index is 11.8. The van der Waals surface area contributed by atoms with Crippen LogP contribution in [0.15, 0.2) is 6.33 Å². The van der Waals surface area contributed by atoms with Gasteiger partial charge in [0.2, 0.25) is 5.91 Å². The molecule has 0 fully saturated rings. The Morgan fingerprint density at radius 1 is 1.53 bits per heavy atom. The lowest BCUT2D eigenvalue weighted by molar-refractivity contribution is -0.154. The van der Waals surface area contributed by atoms with E-state index in [0.717, 1.165) is 0 Å². The summed E-state index contributed by atoms with van der Waals surface area (Å²) in [7, 11) is 1.42. The quantitative estimate of drug-likeness (QED) is 0.724. The Morgan fingerprint density at radius 2 is 2.16 bits per heavy atom. The molecule has 1 atom stereocenters. The lowest BCUT2D eigenvalue weighted by Crippen LogP contribution is -2.45. The van der Waals surface area contributed by atoms with Crippen molar-refractivity contribution in [2.24, 2.45) is 11.3 Å². The highest BCUT2D eigenvalue weighted by atomic mass is 16.4. The molecule has 0 saturated carbocycles. The Kier molecular flexibility index (Phi) is 4.63. The van der Waals surface area contributed by atoms with Crippen molar-refractivity contribution in [1.29, 1.82) is 0 Å². The highest BCUT2D eigenvalue weighted by molar-refractivity contribution is 6.01. The molecule has 2 N–H and O–H groups in total. The zero-order valence-corrected chi connectivity index (χ0v) is 11.7. The number of hydrogen-bond donors (Lipinski definition) is 2. The van der Waals surface area contributed by atoms with E-state index in [0.29, 0.717) is 18.3 Å². The van der Waals surface area contributed by atoms with E-state index in [9.17, 15) is 14.7 Å². The van der Waals surface area contributed by atoms with E-state index in [2.05, 4.69) is 15.4 Å². The second kappa shape index (κ2) is 5.81. The van der Waals surface area contributed by atoms with Gasteiger partial charge in [-0.2, -0.15) is 5.10 Å². The number of carboxylic acid groups (broad SMARTS) is 1. The van der Waals surface area contributed by atoms with Crippen molar-refractivity contribution in [2.45, 2.75) is 33.7 Å². The molecule has 0 aromatic carbocycles. The van der Waals surface area contributed by atoms with E-state index in [1.807, 2.05) is 13.8 Å². The van der Waals surface area contributed by atoms with Crippen LogP contribution in [0.25, 0.3) is 0 Å². The smallest absolute Gasteiger partial charge is 0.319 e. The summed E-state index contributed by atoms with van der Waals surface area (Å²) in [6.45, 7) is 6.09. The molecule has 1 aromatic rings. The van der Waals surface area contributed by atoms with Gasteiger partial charge in [-0.3, -0.25) is 9.59 Å². The van der Waals surface area contributed by atoms with Crippen LogP contribution in [-0.4, -0.2) is 38.8 Å². The highest BCUT2D eigenvalue weighted by Crippen LogP contribution is 2.22. The maximum Gasteiger partial charge on any atom is 0.319 e. The number of carboxylic acids is 1. The average molecular weight is 268 g/mol. The lowest BCUT2D eigenvalue weighted by Gasteiger charge is -2.22. The standard InChI is InChI=1S/C12H20N4O3/c1-8(2)6-16-9(14-7-15-16)5-12(3,11(18)19)10(17)13-4/h7-8H,5-6H2,1-4H3,(H,13,17)(H,18,19). The van der Waals surface area contributed by atoms with Crippen molar-refractivity contribution in [2.75, 3.05) is 7.05 Å². The first-order valence-electron chi connectivity index (χ1n) is 6.13. The minimum absolute atomic E-state index is 0.00866. The first kappa shape index (κ1) is 15.1. The lowest BCUT2D eigenvalue weighted by atomic mass is 9.85. The molecular formula is C12H20N4O3. The SMILES string of the molecule is CNC(=O)C(C)(Cc1ncnn1CC(C)C)C(=O)O. The van der Waals surface area contributed by atoms with Crippen molar-refractivity contribution in [1.82, 2.24) is 20.1 Å². The van der Waals surface area contributed by atoms with Gasteiger partial charge in [0.25, 0.3) is 0 Å². The summed E-state index contributed by atoms with van der Waals surface area (Å²) in [6, 6.07) is 0. The van der Waals surface area contributed by atoms with Crippen molar-refractivity contribution in [3.63, 3.8) is 0 Å². The van der Waals surface area contributed by atoms with Gasteiger partial charge >= 0.3 is 5.97 Å². The summed E-state index contributed by atoms with van der Waals surface area (Å²) in [5.41, 5.74) is -1.55. The topological polar surface area (TPSA) is 97.1 Å². The van der Waals surface area contributed by atoms with Gasteiger partial charge in [-0.15, -0.1) is 0 Å². The number of carbonyl (C=O) groups excluding carboxylic acids is 1. The van der Waals surface area contributed by atoms with Gasteiger partial charge in [0, 0.05) is 20.0 Å². The second-order valence-electron chi connectivity index (χ2n) is 5.15. The van der Waals surface area contributed by atoms with Crippen LogP contribution < -0.4 is 5.32 Å². The van der Waals surface area contributed by atoms with Gasteiger partial charge in [-0.25, -0.2) is 9.67 Å². The van der Waals surface area contributed by atoms with E-state index < -0.39 is 17.3 Å². The third-order valence-corrected chi connectivity index (χ3v) is 2.95. The fraction of sp³-hybridized carbons (Fsp3) is 0.667. The predicted octanol–water partition coefficient (Wildman–Crippen LogP) is 0.314. The molecular weight excluding hydrogens is 248 g/mol. The molecule has 0 radical (unpaired) electrons. The number of hydrogen-bond acceptors (Lipinski definition) is 4. The van der Waals surface area contributed by atoms with Crippen LogP contribution >= 0.6 is 0 Å². The van der Waals surface area contributed by atoms with Gasteiger partial charge in [-0.05, 0) is 12.8 Å². The van der Waals surface area contributed by atoms with E-state index in [1.165, 1.54) is 20.3 Å². The minimum atomic E-state index is -1.55. The summed E-state index contributed by atoms with van der Waals surface area (Å²) >= 11 is 0. The number of amides is 1. The molecule has 1 aromatic heterocycles. The van der Waals surface area contributed by atoms with Gasteiger partial charge in [0.05, 0.1) is 0 Å². The molecule has 106 valence electrons. The Morgan fingerprint density at radius 3 is 2.63 bits per heavy atom. The number of nitrogens with one attached hydrogen (secondary N) is 1. The maximum atomic E-state index is 11.8. The van der Waals surface area contributed by atoms with Crippen molar-refractivity contribution in [3.8, 4) is 0 Å². The van der Waals surface area contributed by atoms with E-state index >= 15 is 0 Å². The molecule has 0 aliphatic carbocycles. The molecule has 7 nitrogen and oxygen atoms in total. The Hall–Kier alpha value is -1.92. The first-order valence-corrected chi connectivity index (χ1v) is 6.13. The fourth-order valence-electron chi connectivity index (χ4n) is 1.77. The second-order valence-corrected chi connectivity index (χ2v) is 5.15. The summed E-state index contributed by atoms with van der Waals surface area (Å²) in [4.78, 5) is 27.2. The van der Waals surface area contributed by atoms with Crippen LogP contribution in [0.5, 0.6) is 0 Å². The van der Waals surface area contributed by atoms with Gasteiger partial charge in [-0.1, -0.05) is 13.8 Å². The Bertz CT molecular complexity index is 469. The number of rotatable bonds is 6. The van der Waals surface area contributed by atoms with Crippen LogP contribution in [0, 0.1) is 11.3 Å². The fourth-order valence-corrected chi connectivity index (χ4v) is 1.77. The molecule has 0 aliphatic heterocycles. The monoisotopic (exact) mass is 268 g/mol. The zero-order chi connectivity index (χ0) is 14.6. The number of aromatic nitrogens is 3. The third-order valence-electron chi connectivity index (χ3n) is 2.95. The first-order chi connectivity index (χ1) is 8.81. The minimum Gasteiger partial charge on any atom is -0.480 e. The molecule has 0 bridgehead atoms. The van der Waals surface area contributed by atoms with Crippen molar-refractivity contribution < 1.29 is 14.7 Å². The summed E-state index contributed by atoms with van der Waals surface area (Å²) < 4.78 is 1.65. The molecule has 1 rings (SSSR count). The van der Waals surface area contributed by atoms with Crippen molar-refractivity contribution in [3.05, 3.63) is 12.2 Å². The number of carbonyl (C=O) groups is 2. The van der Waals surface area contributed by atoms with Gasteiger partial charge in [0.15, 0.2) is 5.41 Å². The van der Waals surface area contributed by atoms with Crippen LogP contribution in [-0.2, 0) is 22.6 Å². The molecule has 1 amide bonds.